The molecule has 1 heterocycles. The van der Waals surface area contributed by atoms with Crippen LogP contribution in [0.5, 0.6) is 0 Å². The van der Waals surface area contributed by atoms with Crippen LogP contribution in [-0.4, -0.2) is 52.2 Å². The van der Waals surface area contributed by atoms with Crippen molar-refractivity contribution in [2.45, 2.75) is 62.7 Å². The zero-order valence-corrected chi connectivity index (χ0v) is 20.0. The summed E-state index contributed by atoms with van der Waals surface area (Å²) in [5.41, 5.74) is 5.71. The standard InChI is InChI=1S/C20H29NO3SSi2/c1-17-8-10-18(11-9-17)25(23,24)21-16-19(21)20(22,12-14-26(2,3)4)13-15-27(5,6)7/h8-11,19,22H,16H2,1-7H3/t19-,21?/m0/s1. The predicted molar refractivity (Wildman–Crippen MR) is 116 cm³/mol. The maximum Gasteiger partial charge on any atom is 0.243 e. The number of aliphatic hydroxyl groups is 1. The van der Waals surface area contributed by atoms with Crippen LogP contribution < -0.4 is 0 Å². The Labute approximate surface area is 166 Å². The van der Waals surface area contributed by atoms with Gasteiger partial charge < -0.3 is 5.11 Å². The van der Waals surface area contributed by atoms with E-state index < -0.39 is 37.8 Å². The molecule has 1 unspecified atom stereocenters. The van der Waals surface area contributed by atoms with Crippen LogP contribution in [0, 0.1) is 29.9 Å². The molecule has 27 heavy (non-hydrogen) atoms. The molecule has 0 radical (unpaired) electrons. The molecule has 7 heteroatoms. The summed E-state index contributed by atoms with van der Waals surface area (Å²) in [4.78, 5) is 0.231. The molecule has 0 spiro atoms. The van der Waals surface area contributed by atoms with E-state index in [1.165, 1.54) is 4.31 Å². The second-order valence-corrected chi connectivity index (χ2v) is 20.6. The van der Waals surface area contributed by atoms with Gasteiger partial charge in [0.15, 0.2) is 0 Å². The van der Waals surface area contributed by atoms with Gasteiger partial charge in [0.05, 0.1) is 10.9 Å². The summed E-state index contributed by atoms with van der Waals surface area (Å²) in [6, 6.07) is 6.11. The zero-order valence-electron chi connectivity index (χ0n) is 17.2. The first-order valence-corrected chi connectivity index (χ1v) is 17.5. The Morgan fingerprint density at radius 3 is 1.85 bits per heavy atom. The summed E-state index contributed by atoms with van der Waals surface area (Å²) < 4.78 is 27.1. The van der Waals surface area contributed by atoms with E-state index in [9.17, 15) is 13.5 Å². The van der Waals surface area contributed by atoms with E-state index in [0.717, 1.165) is 5.56 Å². The Kier molecular flexibility index (Phi) is 5.88. The van der Waals surface area contributed by atoms with E-state index in [4.69, 9.17) is 0 Å². The second kappa shape index (κ2) is 7.23. The fourth-order valence-corrected chi connectivity index (χ4v) is 5.05. The number of benzene rings is 1. The Bertz CT molecular complexity index is 902. The highest BCUT2D eigenvalue weighted by molar-refractivity contribution is 7.89. The minimum absolute atomic E-state index is 0.230. The molecule has 0 amide bonds. The van der Waals surface area contributed by atoms with Crippen molar-refractivity contribution in [2.75, 3.05) is 6.54 Å². The Morgan fingerprint density at radius 1 is 1.00 bits per heavy atom. The fourth-order valence-electron chi connectivity index (χ4n) is 2.34. The normalized spacial score (nSPS) is 20.1. The summed E-state index contributed by atoms with van der Waals surface area (Å²) in [6.45, 7) is 14.6. The molecule has 0 bridgehead atoms. The largest absolute Gasteiger partial charge is 0.366 e. The molecule has 0 aromatic heterocycles. The van der Waals surface area contributed by atoms with Gasteiger partial charge in [0, 0.05) is 6.54 Å². The maximum atomic E-state index is 12.9. The van der Waals surface area contributed by atoms with Crippen LogP contribution in [0.25, 0.3) is 0 Å². The van der Waals surface area contributed by atoms with Gasteiger partial charge in [-0.2, -0.15) is 4.31 Å². The summed E-state index contributed by atoms with van der Waals surface area (Å²) in [7, 11) is -7.15. The molecular weight excluding hydrogens is 390 g/mol. The van der Waals surface area contributed by atoms with Crippen molar-refractivity contribution < 1.29 is 13.5 Å². The van der Waals surface area contributed by atoms with Gasteiger partial charge in [-0.3, -0.25) is 0 Å². The predicted octanol–water partition coefficient (Wildman–Crippen LogP) is 2.86. The van der Waals surface area contributed by atoms with Gasteiger partial charge in [-0.1, -0.05) is 68.8 Å². The first-order valence-electron chi connectivity index (χ1n) is 9.04. The summed E-state index contributed by atoms with van der Waals surface area (Å²) in [5.74, 6) is 5.89. The first-order chi connectivity index (χ1) is 12.1. The highest BCUT2D eigenvalue weighted by atomic mass is 32.2. The van der Waals surface area contributed by atoms with Crippen LogP contribution in [0.3, 0.4) is 0 Å². The van der Waals surface area contributed by atoms with E-state index >= 15 is 0 Å². The summed E-state index contributed by atoms with van der Waals surface area (Å²) in [6.07, 6.45) is 0. The van der Waals surface area contributed by atoms with Gasteiger partial charge in [0.2, 0.25) is 15.6 Å². The van der Waals surface area contributed by atoms with Crippen LogP contribution in [0.1, 0.15) is 5.56 Å². The average molecular weight is 420 g/mol. The molecule has 4 nitrogen and oxygen atoms in total. The van der Waals surface area contributed by atoms with Gasteiger partial charge in [-0.15, -0.1) is 11.1 Å². The lowest BCUT2D eigenvalue weighted by molar-refractivity contribution is 0.153. The second-order valence-electron chi connectivity index (χ2n) is 9.17. The van der Waals surface area contributed by atoms with Crippen LogP contribution in [0.4, 0.5) is 0 Å². The van der Waals surface area contributed by atoms with Gasteiger partial charge in [0.25, 0.3) is 0 Å². The number of hydrogen-bond donors (Lipinski definition) is 1. The third kappa shape index (κ3) is 5.81. The first kappa shape index (κ1) is 21.9. The molecule has 1 aliphatic rings. The molecule has 0 saturated carbocycles. The van der Waals surface area contributed by atoms with Crippen molar-refractivity contribution in [3.8, 4) is 22.9 Å². The molecule has 1 fully saturated rings. The Hall–Kier alpha value is -1.36. The van der Waals surface area contributed by atoms with Gasteiger partial charge in [-0.25, -0.2) is 8.42 Å². The van der Waals surface area contributed by atoms with Crippen LogP contribution in [0.2, 0.25) is 39.3 Å². The Balaban J connectivity index is 2.39. The molecule has 1 saturated heterocycles. The zero-order chi connectivity index (χ0) is 20.7. The van der Waals surface area contributed by atoms with Gasteiger partial charge >= 0.3 is 0 Å². The molecule has 2 atom stereocenters. The topological polar surface area (TPSA) is 57.4 Å². The molecule has 1 aromatic carbocycles. The Morgan fingerprint density at radius 2 is 1.44 bits per heavy atom. The van der Waals surface area contributed by atoms with Crippen LogP contribution >= 0.6 is 0 Å². The van der Waals surface area contributed by atoms with Crippen molar-refractivity contribution in [1.29, 1.82) is 0 Å². The van der Waals surface area contributed by atoms with E-state index in [-0.39, 0.29) is 11.4 Å². The number of aryl methyl sites for hydroxylation is 1. The number of sulfonamides is 1. The maximum absolute atomic E-state index is 12.9. The minimum atomic E-state index is -3.66. The van der Waals surface area contributed by atoms with Crippen molar-refractivity contribution in [2.24, 2.45) is 0 Å². The molecule has 1 aliphatic heterocycles. The molecule has 1 aromatic rings. The molecule has 0 aliphatic carbocycles. The van der Waals surface area contributed by atoms with E-state index in [1.54, 1.807) is 24.3 Å². The highest BCUT2D eigenvalue weighted by Gasteiger charge is 2.55. The number of hydrogen-bond acceptors (Lipinski definition) is 3. The summed E-state index contributed by atoms with van der Waals surface area (Å²) in [5, 5.41) is 11.2. The average Bonchev–Trinajstić information content (AvgIpc) is 3.32. The van der Waals surface area contributed by atoms with E-state index in [2.05, 4.69) is 62.2 Å². The van der Waals surface area contributed by atoms with Crippen LogP contribution in [-0.2, 0) is 10.0 Å². The van der Waals surface area contributed by atoms with Crippen molar-refractivity contribution in [1.82, 2.24) is 4.31 Å². The third-order valence-electron chi connectivity index (χ3n) is 3.93. The number of rotatable bonds is 3. The van der Waals surface area contributed by atoms with Crippen LogP contribution in [0.15, 0.2) is 29.2 Å². The SMILES string of the molecule is Cc1ccc(S(=O)(=O)N2C[C@H]2C(O)(C#C[Si](C)(C)C)C#C[Si](C)(C)C)cc1. The highest BCUT2D eigenvalue weighted by Crippen LogP contribution is 2.35. The van der Waals surface area contributed by atoms with Crippen molar-refractivity contribution in [3.63, 3.8) is 0 Å². The van der Waals surface area contributed by atoms with Gasteiger partial charge in [0.1, 0.15) is 16.1 Å². The quantitative estimate of drug-likeness (QED) is 0.466. The number of nitrogens with zero attached hydrogens (tertiary/aromatic N) is 1. The monoisotopic (exact) mass is 419 g/mol. The smallest absolute Gasteiger partial charge is 0.243 e. The van der Waals surface area contributed by atoms with Gasteiger partial charge in [-0.05, 0) is 19.1 Å². The molecule has 146 valence electrons. The summed E-state index contributed by atoms with van der Waals surface area (Å²) >= 11 is 0. The third-order valence-corrected chi connectivity index (χ3v) is 7.57. The molecular formula is C20H29NO3SSi2. The van der Waals surface area contributed by atoms with Crippen molar-refractivity contribution >= 4 is 26.2 Å². The lowest BCUT2D eigenvalue weighted by Gasteiger charge is -2.18. The minimum Gasteiger partial charge on any atom is -0.366 e. The lowest BCUT2D eigenvalue weighted by Crippen LogP contribution is -2.37. The van der Waals surface area contributed by atoms with Crippen molar-refractivity contribution in [3.05, 3.63) is 29.8 Å². The lowest BCUT2D eigenvalue weighted by atomic mass is 10.0. The fraction of sp³-hybridized carbons (Fsp3) is 0.500. The van der Waals surface area contributed by atoms with E-state index in [1.807, 2.05) is 6.92 Å². The molecule has 2 rings (SSSR count). The molecule has 1 N–H and O–H groups in total. The van der Waals surface area contributed by atoms with E-state index in [0.29, 0.717) is 0 Å².